The minimum atomic E-state index is -0.552. The molecule has 0 unspecified atom stereocenters. The molecule has 0 N–H and O–H groups in total. The Labute approximate surface area is 90.5 Å². The van der Waals surface area contributed by atoms with Gasteiger partial charge in [-0.05, 0) is 24.3 Å². The van der Waals surface area contributed by atoms with Gasteiger partial charge in [-0.3, -0.25) is 15.1 Å². The van der Waals surface area contributed by atoms with Crippen LogP contribution in [-0.2, 0) is 0 Å². The standard InChI is InChI=1S/C11H7FN2O2/c12-8-4-5-11(14(15)16)9(7-8)10-3-1-2-6-13-10/h1-7H. The van der Waals surface area contributed by atoms with Crippen LogP contribution in [0.1, 0.15) is 0 Å². The zero-order chi connectivity index (χ0) is 11.5. The van der Waals surface area contributed by atoms with E-state index in [0.717, 1.165) is 18.2 Å². The lowest BCUT2D eigenvalue weighted by atomic mass is 10.1. The lowest BCUT2D eigenvalue weighted by Gasteiger charge is -2.01. The van der Waals surface area contributed by atoms with Gasteiger partial charge < -0.3 is 0 Å². The first kappa shape index (κ1) is 10.2. The van der Waals surface area contributed by atoms with Crippen LogP contribution in [0.2, 0.25) is 0 Å². The summed E-state index contributed by atoms with van der Waals surface area (Å²) >= 11 is 0. The summed E-state index contributed by atoms with van der Waals surface area (Å²) < 4.78 is 13.0. The van der Waals surface area contributed by atoms with Crippen molar-refractivity contribution in [3.8, 4) is 11.3 Å². The van der Waals surface area contributed by atoms with Crippen LogP contribution in [0, 0.1) is 15.9 Å². The van der Waals surface area contributed by atoms with Crippen molar-refractivity contribution in [1.29, 1.82) is 0 Å². The molecule has 16 heavy (non-hydrogen) atoms. The van der Waals surface area contributed by atoms with E-state index in [2.05, 4.69) is 4.98 Å². The van der Waals surface area contributed by atoms with Gasteiger partial charge in [0.15, 0.2) is 0 Å². The predicted octanol–water partition coefficient (Wildman–Crippen LogP) is 2.80. The summed E-state index contributed by atoms with van der Waals surface area (Å²) in [4.78, 5) is 14.2. The third-order valence-corrected chi connectivity index (χ3v) is 2.10. The molecule has 0 spiro atoms. The van der Waals surface area contributed by atoms with Crippen LogP contribution in [0.3, 0.4) is 0 Å². The van der Waals surface area contributed by atoms with Crippen LogP contribution >= 0.6 is 0 Å². The minimum absolute atomic E-state index is 0.153. The molecule has 0 amide bonds. The number of halogens is 1. The largest absolute Gasteiger partial charge is 0.278 e. The lowest BCUT2D eigenvalue weighted by molar-refractivity contribution is -0.384. The van der Waals surface area contributed by atoms with Gasteiger partial charge in [0.2, 0.25) is 0 Å². The van der Waals surface area contributed by atoms with Gasteiger partial charge in [0.05, 0.1) is 16.2 Å². The highest BCUT2D eigenvalue weighted by atomic mass is 19.1. The summed E-state index contributed by atoms with van der Waals surface area (Å²) in [6.45, 7) is 0. The first-order valence-corrected chi connectivity index (χ1v) is 4.54. The molecule has 0 aliphatic rings. The van der Waals surface area contributed by atoms with E-state index in [0.29, 0.717) is 5.69 Å². The van der Waals surface area contributed by atoms with Crippen molar-refractivity contribution >= 4 is 5.69 Å². The van der Waals surface area contributed by atoms with Gasteiger partial charge in [-0.1, -0.05) is 6.07 Å². The van der Waals surface area contributed by atoms with E-state index in [1.54, 1.807) is 18.2 Å². The maximum atomic E-state index is 13.0. The van der Waals surface area contributed by atoms with Crippen molar-refractivity contribution in [3.05, 3.63) is 58.5 Å². The molecule has 0 atom stereocenters. The fraction of sp³-hybridized carbons (Fsp3) is 0. The number of nitrogens with zero attached hydrogens (tertiary/aromatic N) is 2. The number of aromatic nitrogens is 1. The zero-order valence-corrected chi connectivity index (χ0v) is 8.13. The highest BCUT2D eigenvalue weighted by Gasteiger charge is 2.16. The number of nitro groups is 1. The highest BCUT2D eigenvalue weighted by Crippen LogP contribution is 2.28. The van der Waals surface area contributed by atoms with E-state index in [1.807, 2.05) is 0 Å². The average Bonchev–Trinajstić information content (AvgIpc) is 2.29. The van der Waals surface area contributed by atoms with E-state index >= 15 is 0 Å². The van der Waals surface area contributed by atoms with Gasteiger partial charge in [-0.15, -0.1) is 0 Å². The van der Waals surface area contributed by atoms with Gasteiger partial charge >= 0.3 is 0 Å². The Morgan fingerprint density at radius 2 is 2.06 bits per heavy atom. The van der Waals surface area contributed by atoms with Gasteiger partial charge in [0.1, 0.15) is 5.82 Å². The number of pyridine rings is 1. The molecule has 0 bridgehead atoms. The fourth-order valence-electron chi connectivity index (χ4n) is 1.39. The molecule has 1 aromatic heterocycles. The molecule has 0 saturated heterocycles. The van der Waals surface area contributed by atoms with Crippen LogP contribution in [0.4, 0.5) is 10.1 Å². The number of benzene rings is 1. The SMILES string of the molecule is O=[N+]([O-])c1ccc(F)cc1-c1ccccn1. The monoisotopic (exact) mass is 218 g/mol. The van der Waals surface area contributed by atoms with E-state index in [9.17, 15) is 14.5 Å². The smallest absolute Gasteiger partial charge is 0.258 e. The molecule has 0 saturated carbocycles. The Morgan fingerprint density at radius 3 is 2.69 bits per heavy atom. The maximum absolute atomic E-state index is 13.0. The van der Waals surface area contributed by atoms with Crippen molar-refractivity contribution in [2.24, 2.45) is 0 Å². The first-order chi connectivity index (χ1) is 7.68. The van der Waals surface area contributed by atoms with Gasteiger partial charge in [-0.2, -0.15) is 0 Å². The van der Waals surface area contributed by atoms with Crippen LogP contribution in [0.5, 0.6) is 0 Å². The normalized spacial score (nSPS) is 10.1. The number of hydrogen-bond donors (Lipinski definition) is 0. The number of rotatable bonds is 2. The Hall–Kier alpha value is -2.30. The van der Waals surface area contributed by atoms with Crippen molar-refractivity contribution in [2.75, 3.05) is 0 Å². The summed E-state index contributed by atoms with van der Waals surface area (Å²) in [5.41, 5.74) is 0.416. The molecule has 5 heteroatoms. The second-order valence-electron chi connectivity index (χ2n) is 3.13. The summed E-state index contributed by atoms with van der Waals surface area (Å²) in [6, 6.07) is 8.29. The van der Waals surface area contributed by atoms with E-state index in [-0.39, 0.29) is 11.3 Å². The van der Waals surface area contributed by atoms with Crippen molar-refractivity contribution < 1.29 is 9.31 Å². The molecule has 4 nitrogen and oxygen atoms in total. The minimum Gasteiger partial charge on any atom is -0.258 e. The van der Waals surface area contributed by atoms with Crippen LogP contribution in [0.15, 0.2) is 42.6 Å². The van der Waals surface area contributed by atoms with E-state index in [4.69, 9.17) is 0 Å². The summed E-state index contributed by atoms with van der Waals surface area (Å²) in [5.74, 6) is -0.522. The topological polar surface area (TPSA) is 56.0 Å². The highest BCUT2D eigenvalue weighted by molar-refractivity contribution is 5.70. The average molecular weight is 218 g/mol. The third-order valence-electron chi connectivity index (χ3n) is 2.10. The third kappa shape index (κ3) is 1.88. The fourth-order valence-corrected chi connectivity index (χ4v) is 1.39. The molecular formula is C11H7FN2O2. The molecule has 1 aromatic carbocycles. The summed E-state index contributed by atoms with van der Waals surface area (Å²) in [6.07, 6.45) is 1.50. The van der Waals surface area contributed by atoms with Crippen LogP contribution < -0.4 is 0 Å². The molecule has 0 radical (unpaired) electrons. The second kappa shape index (κ2) is 4.06. The molecule has 0 aliphatic carbocycles. The Morgan fingerprint density at radius 1 is 1.25 bits per heavy atom. The molecule has 0 fully saturated rings. The Kier molecular flexibility index (Phi) is 2.59. The molecule has 2 rings (SSSR count). The maximum Gasteiger partial charge on any atom is 0.278 e. The molecular weight excluding hydrogens is 211 g/mol. The predicted molar refractivity (Wildman–Crippen MR) is 56.3 cm³/mol. The lowest BCUT2D eigenvalue weighted by Crippen LogP contribution is -1.94. The second-order valence-corrected chi connectivity index (χ2v) is 3.13. The molecule has 0 aliphatic heterocycles. The van der Waals surface area contributed by atoms with E-state index in [1.165, 1.54) is 6.20 Å². The van der Waals surface area contributed by atoms with Crippen molar-refractivity contribution in [1.82, 2.24) is 4.98 Å². The van der Waals surface area contributed by atoms with Crippen LogP contribution in [0.25, 0.3) is 11.3 Å². The van der Waals surface area contributed by atoms with Crippen LogP contribution in [-0.4, -0.2) is 9.91 Å². The molecule has 80 valence electrons. The van der Waals surface area contributed by atoms with Gasteiger partial charge in [0, 0.05) is 12.3 Å². The first-order valence-electron chi connectivity index (χ1n) is 4.54. The quantitative estimate of drug-likeness (QED) is 0.575. The van der Waals surface area contributed by atoms with E-state index < -0.39 is 10.7 Å². The Balaban J connectivity index is 2.63. The number of hydrogen-bond acceptors (Lipinski definition) is 3. The zero-order valence-electron chi connectivity index (χ0n) is 8.13. The van der Waals surface area contributed by atoms with Gasteiger partial charge in [0.25, 0.3) is 5.69 Å². The molecule has 1 heterocycles. The van der Waals surface area contributed by atoms with Crippen molar-refractivity contribution in [3.63, 3.8) is 0 Å². The summed E-state index contributed by atoms with van der Waals surface area (Å²) in [5, 5.41) is 10.8. The summed E-state index contributed by atoms with van der Waals surface area (Å²) in [7, 11) is 0. The Bertz CT molecular complexity index is 529. The van der Waals surface area contributed by atoms with Gasteiger partial charge in [-0.25, -0.2) is 4.39 Å². The number of nitro benzene ring substituents is 1. The van der Waals surface area contributed by atoms with Crippen molar-refractivity contribution in [2.45, 2.75) is 0 Å². The molecule has 2 aromatic rings.